The van der Waals surface area contributed by atoms with Crippen LogP contribution >= 0.6 is 0 Å². The van der Waals surface area contributed by atoms with E-state index >= 15 is 0 Å². The monoisotopic (exact) mass is 553 g/mol. The van der Waals surface area contributed by atoms with Crippen LogP contribution in [0, 0.1) is 0 Å². The van der Waals surface area contributed by atoms with E-state index in [1.807, 2.05) is 0 Å². The van der Waals surface area contributed by atoms with Crippen LogP contribution in [0.1, 0.15) is 219 Å². The molecule has 0 bridgehead atoms. The van der Waals surface area contributed by atoms with Crippen LogP contribution in [-0.2, 0) is 14.6 Å². The molecule has 0 spiro atoms. The summed E-state index contributed by atoms with van der Waals surface area (Å²) in [6.45, 7) is 5.12. The average Bonchev–Trinajstić information content (AvgIpc) is 2.94. The summed E-state index contributed by atoms with van der Waals surface area (Å²) in [5.74, 6) is -0.193. The van der Waals surface area contributed by atoms with E-state index in [1.54, 1.807) is 0 Å². The van der Waals surface area contributed by atoms with E-state index in [2.05, 4.69) is 13.8 Å². The summed E-state index contributed by atoms with van der Waals surface area (Å²) in [7, 11) is 0. The van der Waals surface area contributed by atoms with Gasteiger partial charge in [-0.1, -0.05) is 200 Å². The molecule has 0 aromatic rings. The molecule has 234 valence electrons. The minimum atomic E-state index is -0.193. The third-order valence-corrected chi connectivity index (χ3v) is 8.22. The number of unbranched alkanes of at least 4 members (excludes halogenated alkanes) is 29. The first-order valence-electron chi connectivity index (χ1n) is 18.1. The van der Waals surface area contributed by atoms with Gasteiger partial charge < -0.3 is 0 Å². The van der Waals surface area contributed by atoms with Gasteiger partial charge in [0.2, 0.25) is 0 Å². The standard InChI is InChI=1S/C36H72O3/c1-3-5-7-9-11-13-15-17-19-21-23-25-27-29-31-33-35-38-39-36(37)34-32-30-28-26-24-22-20-18-16-14-12-10-8-6-4-2/h3-35H2,1-2H3. The molecular formula is C36H72O3. The van der Waals surface area contributed by atoms with Crippen molar-refractivity contribution in [3.63, 3.8) is 0 Å². The van der Waals surface area contributed by atoms with Crippen LogP contribution < -0.4 is 0 Å². The van der Waals surface area contributed by atoms with Crippen molar-refractivity contribution in [1.29, 1.82) is 0 Å². The summed E-state index contributed by atoms with van der Waals surface area (Å²) < 4.78 is 0. The minimum Gasteiger partial charge on any atom is -0.298 e. The maximum atomic E-state index is 11.8. The van der Waals surface area contributed by atoms with E-state index < -0.39 is 0 Å². The highest BCUT2D eigenvalue weighted by atomic mass is 17.2. The number of rotatable bonds is 34. The van der Waals surface area contributed by atoms with Gasteiger partial charge in [-0.15, -0.1) is 0 Å². The molecule has 0 aliphatic carbocycles. The highest BCUT2D eigenvalue weighted by Crippen LogP contribution is 2.15. The van der Waals surface area contributed by atoms with Gasteiger partial charge in [-0.25, -0.2) is 4.79 Å². The van der Waals surface area contributed by atoms with Gasteiger partial charge >= 0.3 is 5.97 Å². The second-order valence-corrected chi connectivity index (χ2v) is 12.3. The van der Waals surface area contributed by atoms with Crippen LogP contribution in [0.4, 0.5) is 0 Å². The topological polar surface area (TPSA) is 35.5 Å². The van der Waals surface area contributed by atoms with Gasteiger partial charge in [0, 0.05) is 6.42 Å². The van der Waals surface area contributed by atoms with Gasteiger partial charge in [0.15, 0.2) is 0 Å². The molecule has 0 aromatic heterocycles. The summed E-state index contributed by atoms with van der Waals surface area (Å²) >= 11 is 0. The van der Waals surface area contributed by atoms with E-state index in [0.717, 1.165) is 19.3 Å². The van der Waals surface area contributed by atoms with Crippen molar-refractivity contribution in [1.82, 2.24) is 0 Å². The molecule has 0 aromatic carbocycles. The number of hydrogen-bond donors (Lipinski definition) is 0. The summed E-state index contributed by atoms with van der Waals surface area (Å²) in [5.41, 5.74) is 0. The second kappa shape index (κ2) is 35.5. The predicted octanol–water partition coefficient (Wildman–Crippen LogP) is 13.0. The highest BCUT2D eigenvalue weighted by Gasteiger charge is 2.04. The number of carbonyl (C=O) groups excluding carboxylic acids is 1. The Kier molecular flexibility index (Phi) is 34.9. The molecular weight excluding hydrogens is 480 g/mol. The molecule has 0 aliphatic heterocycles. The van der Waals surface area contributed by atoms with Crippen molar-refractivity contribution in [2.45, 2.75) is 219 Å². The Balaban J connectivity index is 3.14. The first-order valence-corrected chi connectivity index (χ1v) is 18.1. The van der Waals surface area contributed by atoms with Crippen LogP contribution in [0.3, 0.4) is 0 Å². The van der Waals surface area contributed by atoms with Crippen molar-refractivity contribution < 1.29 is 14.6 Å². The molecule has 0 fully saturated rings. The molecule has 0 saturated carbocycles. The van der Waals surface area contributed by atoms with Crippen LogP contribution in [0.5, 0.6) is 0 Å². The summed E-state index contributed by atoms with van der Waals surface area (Å²) in [6, 6.07) is 0. The smallest absolute Gasteiger partial charge is 0.298 e. The molecule has 0 aliphatic rings. The van der Waals surface area contributed by atoms with Crippen molar-refractivity contribution in [3.05, 3.63) is 0 Å². The van der Waals surface area contributed by atoms with E-state index in [4.69, 9.17) is 9.78 Å². The third kappa shape index (κ3) is 35.4. The van der Waals surface area contributed by atoms with Gasteiger partial charge in [-0.3, -0.25) is 4.89 Å². The Labute approximate surface area is 246 Å². The Morgan fingerprint density at radius 2 is 0.615 bits per heavy atom. The first kappa shape index (κ1) is 38.4. The van der Waals surface area contributed by atoms with Crippen molar-refractivity contribution in [2.75, 3.05) is 6.61 Å². The van der Waals surface area contributed by atoms with Gasteiger partial charge in [0.1, 0.15) is 0 Å². The van der Waals surface area contributed by atoms with Gasteiger partial charge in [-0.05, 0) is 12.8 Å². The Morgan fingerprint density at radius 3 is 0.923 bits per heavy atom. The minimum absolute atomic E-state index is 0.193. The molecule has 0 radical (unpaired) electrons. The maximum absolute atomic E-state index is 11.8. The molecule has 3 heteroatoms. The zero-order valence-corrected chi connectivity index (χ0v) is 27.1. The zero-order chi connectivity index (χ0) is 28.3. The lowest BCUT2D eigenvalue weighted by Crippen LogP contribution is -2.06. The SMILES string of the molecule is CCCCCCCCCCCCCCCCCCOOC(=O)CCCCCCCCCCCCCCCCC. The largest absolute Gasteiger partial charge is 0.342 e. The molecule has 0 amide bonds. The Hall–Kier alpha value is -0.570. The third-order valence-electron chi connectivity index (χ3n) is 8.22. The quantitative estimate of drug-likeness (QED) is 0.0452. The maximum Gasteiger partial charge on any atom is 0.342 e. The molecule has 3 nitrogen and oxygen atoms in total. The van der Waals surface area contributed by atoms with E-state index in [0.29, 0.717) is 13.0 Å². The fourth-order valence-corrected chi connectivity index (χ4v) is 5.50. The van der Waals surface area contributed by atoms with Crippen LogP contribution in [0.2, 0.25) is 0 Å². The molecule has 0 saturated heterocycles. The molecule has 39 heavy (non-hydrogen) atoms. The normalized spacial score (nSPS) is 11.3. The fraction of sp³-hybridized carbons (Fsp3) is 0.972. The predicted molar refractivity (Wildman–Crippen MR) is 171 cm³/mol. The van der Waals surface area contributed by atoms with Gasteiger partial charge in [-0.2, -0.15) is 4.89 Å². The first-order chi connectivity index (χ1) is 19.3. The van der Waals surface area contributed by atoms with E-state index in [-0.39, 0.29) is 5.97 Å². The van der Waals surface area contributed by atoms with Crippen molar-refractivity contribution in [2.24, 2.45) is 0 Å². The number of hydrogen-bond acceptors (Lipinski definition) is 3. The lowest BCUT2D eigenvalue weighted by Gasteiger charge is -2.05. The van der Waals surface area contributed by atoms with Crippen molar-refractivity contribution >= 4 is 5.97 Å². The summed E-state index contributed by atoms with van der Waals surface area (Å²) in [4.78, 5) is 21.9. The molecule has 0 atom stereocenters. The number of carbonyl (C=O) groups is 1. The highest BCUT2D eigenvalue weighted by molar-refractivity contribution is 5.68. The van der Waals surface area contributed by atoms with E-state index in [9.17, 15) is 4.79 Å². The van der Waals surface area contributed by atoms with Crippen molar-refractivity contribution in [3.8, 4) is 0 Å². The van der Waals surface area contributed by atoms with Gasteiger partial charge in [0.25, 0.3) is 0 Å². The Bertz CT molecular complexity index is 451. The van der Waals surface area contributed by atoms with Crippen LogP contribution in [0.15, 0.2) is 0 Å². The zero-order valence-electron chi connectivity index (χ0n) is 27.1. The lowest BCUT2D eigenvalue weighted by molar-refractivity contribution is -0.272. The molecule has 0 rings (SSSR count). The van der Waals surface area contributed by atoms with Gasteiger partial charge in [0.05, 0.1) is 6.61 Å². The van der Waals surface area contributed by atoms with Crippen LogP contribution in [-0.4, -0.2) is 12.6 Å². The molecule has 0 heterocycles. The second-order valence-electron chi connectivity index (χ2n) is 12.3. The van der Waals surface area contributed by atoms with E-state index in [1.165, 1.54) is 180 Å². The lowest BCUT2D eigenvalue weighted by atomic mass is 10.0. The summed E-state index contributed by atoms with van der Waals surface area (Å²) in [6.07, 6.45) is 42.4. The fourth-order valence-electron chi connectivity index (χ4n) is 5.50. The molecule has 0 N–H and O–H groups in total. The Morgan fingerprint density at radius 1 is 0.359 bits per heavy atom. The van der Waals surface area contributed by atoms with Crippen LogP contribution in [0.25, 0.3) is 0 Å². The average molecular weight is 553 g/mol. The summed E-state index contributed by atoms with van der Waals surface area (Å²) in [5, 5.41) is 0. The molecule has 0 unspecified atom stereocenters.